The molecule has 0 amide bonds. The van der Waals surface area contributed by atoms with Crippen LogP contribution in [0.5, 0.6) is 11.5 Å². The standard InChI is InChI=1S/C33H33N3O4S.CH4.2H2S/c1-3-23(37)18-21-9-11-22(12-10-21)19-28(38)31-30-29-27(15-16-34-32(29)41-31)36(33(39)35-30)26-14-13-25(17-20(26)2)40-24-7-5-4-6-8-24;;;/h4-8,13-17,21-22,38H,3,9-12,18-19H2,1-2H3;1H4;2*1H2. The Balaban J connectivity index is 0.00000176. The molecule has 1 aliphatic rings. The SMILES string of the molecule is C.CCC(=O)CC1CCC(CC(O)=c2sc3nccc4c3c2nc(=O)n4-c2ccc(Oc3ccccc3)cc2C)CC1.S.S. The molecule has 1 aliphatic carbocycles. The van der Waals surface area contributed by atoms with Crippen LogP contribution in [0.2, 0.25) is 0 Å². The molecule has 1 fully saturated rings. The van der Waals surface area contributed by atoms with Crippen molar-refractivity contribution in [2.45, 2.75) is 66.2 Å². The van der Waals surface area contributed by atoms with Gasteiger partial charge in [-0.15, -0.1) is 11.3 Å². The van der Waals surface area contributed by atoms with Crippen LogP contribution in [0.3, 0.4) is 0 Å². The van der Waals surface area contributed by atoms with Gasteiger partial charge in [0.1, 0.15) is 33.4 Å². The first-order chi connectivity index (χ1) is 19.9. The van der Waals surface area contributed by atoms with Crippen LogP contribution >= 0.6 is 38.3 Å². The van der Waals surface area contributed by atoms with E-state index in [-0.39, 0.29) is 40.2 Å². The summed E-state index contributed by atoms with van der Waals surface area (Å²) in [7, 11) is 0. The van der Waals surface area contributed by atoms with Crippen LogP contribution in [0.15, 0.2) is 65.6 Å². The van der Waals surface area contributed by atoms with Crippen LogP contribution in [-0.4, -0.2) is 25.4 Å². The molecule has 0 saturated heterocycles. The van der Waals surface area contributed by atoms with Gasteiger partial charge in [-0.25, -0.2) is 9.78 Å². The van der Waals surface area contributed by atoms with Crippen molar-refractivity contribution in [3.63, 3.8) is 0 Å². The fourth-order valence-corrected chi connectivity index (χ4v) is 7.06. The highest BCUT2D eigenvalue weighted by molar-refractivity contribution is 7.59. The van der Waals surface area contributed by atoms with Crippen molar-refractivity contribution in [2.24, 2.45) is 11.8 Å². The van der Waals surface area contributed by atoms with Crippen molar-refractivity contribution in [2.75, 3.05) is 0 Å². The van der Waals surface area contributed by atoms with Gasteiger partial charge < -0.3 is 9.84 Å². The summed E-state index contributed by atoms with van der Waals surface area (Å²) in [6.07, 6.45) is 7.53. The molecule has 7 nitrogen and oxygen atoms in total. The fraction of sp³-hybridized carbons (Fsp3) is 0.353. The van der Waals surface area contributed by atoms with E-state index in [0.29, 0.717) is 58.2 Å². The summed E-state index contributed by atoms with van der Waals surface area (Å²) >= 11 is 1.38. The summed E-state index contributed by atoms with van der Waals surface area (Å²) in [5, 5.41) is 12.0. The molecular formula is C34H41N3O4S3. The number of aryl methyl sites for hydroxylation is 1. The number of aromatic nitrogens is 3. The summed E-state index contributed by atoms with van der Waals surface area (Å²) < 4.78 is 8.22. The van der Waals surface area contributed by atoms with Crippen molar-refractivity contribution in [1.82, 2.24) is 14.5 Å². The number of nitrogens with zero attached hydrogens (tertiary/aromatic N) is 3. The molecule has 0 radical (unpaired) electrons. The van der Waals surface area contributed by atoms with Crippen LogP contribution in [0, 0.1) is 18.8 Å². The third-order valence-electron chi connectivity index (χ3n) is 8.19. The van der Waals surface area contributed by atoms with Crippen LogP contribution in [0.4, 0.5) is 0 Å². The molecule has 3 aromatic heterocycles. The van der Waals surface area contributed by atoms with Gasteiger partial charge in [-0.2, -0.15) is 32.0 Å². The molecule has 5 aromatic rings. The number of hydrogen-bond acceptors (Lipinski definition) is 7. The Kier molecular flexibility index (Phi) is 12.1. The zero-order chi connectivity index (χ0) is 28.5. The van der Waals surface area contributed by atoms with E-state index in [0.717, 1.165) is 52.9 Å². The first kappa shape index (κ1) is 35.1. The van der Waals surface area contributed by atoms with Crippen molar-refractivity contribution >= 4 is 71.1 Å². The second-order valence-corrected chi connectivity index (χ2v) is 12.0. The van der Waals surface area contributed by atoms with Crippen LogP contribution in [0.1, 0.15) is 64.9 Å². The Morgan fingerprint density at radius 1 is 1.00 bits per heavy atom. The first-order valence-corrected chi connectivity index (χ1v) is 15.1. The highest BCUT2D eigenvalue weighted by Crippen LogP contribution is 2.35. The largest absolute Gasteiger partial charge is 0.511 e. The first-order valence-electron chi connectivity index (χ1n) is 14.3. The number of rotatable bonds is 8. The second-order valence-electron chi connectivity index (χ2n) is 11.0. The molecule has 6 rings (SSSR count). The summed E-state index contributed by atoms with van der Waals surface area (Å²) in [5.74, 6) is 2.84. The minimum atomic E-state index is -0.404. The van der Waals surface area contributed by atoms with Gasteiger partial charge in [0.25, 0.3) is 0 Å². The average Bonchev–Trinajstić information content (AvgIpc) is 3.35. The van der Waals surface area contributed by atoms with Gasteiger partial charge in [-0.05, 0) is 86.4 Å². The molecule has 0 spiro atoms. The van der Waals surface area contributed by atoms with Gasteiger partial charge in [0.2, 0.25) is 0 Å². The lowest BCUT2D eigenvalue weighted by Gasteiger charge is -2.27. The smallest absolute Gasteiger partial charge is 0.353 e. The molecule has 1 saturated carbocycles. The van der Waals surface area contributed by atoms with Crippen LogP contribution in [-0.2, 0) is 4.79 Å². The maximum absolute atomic E-state index is 13.5. The van der Waals surface area contributed by atoms with Gasteiger partial charge in [-0.1, -0.05) is 32.5 Å². The van der Waals surface area contributed by atoms with E-state index < -0.39 is 5.69 Å². The lowest BCUT2D eigenvalue weighted by Crippen LogP contribution is -2.24. The normalized spacial score (nSPS) is 16.9. The van der Waals surface area contributed by atoms with E-state index in [9.17, 15) is 14.7 Å². The molecule has 2 aromatic carbocycles. The molecule has 10 heteroatoms. The topological polar surface area (TPSA) is 94.3 Å². The number of benzene rings is 2. The minimum absolute atomic E-state index is 0. The zero-order valence-electron chi connectivity index (χ0n) is 24.3. The maximum Gasteiger partial charge on any atom is 0.353 e. The lowest BCUT2D eigenvalue weighted by atomic mass is 9.78. The third kappa shape index (κ3) is 7.14. The number of pyridine rings is 1. The molecule has 1 N–H and O–H groups in total. The average molecular weight is 652 g/mol. The van der Waals surface area contributed by atoms with Crippen LogP contribution in [0.25, 0.3) is 32.7 Å². The van der Waals surface area contributed by atoms with Crippen molar-refractivity contribution in [3.05, 3.63) is 81.4 Å². The van der Waals surface area contributed by atoms with Gasteiger partial charge >= 0.3 is 5.69 Å². The number of para-hydroxylation sites is 1. The predicted molar refractivity (Wildman–Crippen MR) is 190 cm³/mol. The van der Waals surface area contributed by atoms with Gasteiger partial charge in [0, 0.05) is 25.5 Å². The van der Waals surface area contributed by atoms with Crippen molar-refractivity contribution < 1.29 is 14.6 Å². The Labute approximate surface area is 275 Å². The molecule has 3 heterocycles. The predicted octanol–water partition coefficient (Wildman–Crippen LogP) is 7.91. The molecule has 234 valence electrons. The van der Waals surface area contributed by atoms with E-state index >= 15 is 0 Å². The zero-order valence-corrected chi connectivity index (χ0v) is 27.1. The molecular weight excluding hydrogens is 611 g/mol. The number of ketones is 1. The van der Waals surface area contributed by atoms with E-state index in [4.69, 9.17) is 4.74 Å². The number of aliphatic hydroxyl groups excluding tert-OH is 1. The number of aliphatic hydroxyl groups is 1. The molecule has 0 atom stereocenters. The quantitative estimate of drug-likeness (QED) is 0.183. The monoisotopic (exact) mass is 651 g/mol. The number of thiophene rings is 1. The Morgan fingerprint density at radius 3 is 2.34 bits per heavy atom. The number of hydrogen-bond donors (Lipinski definition) is 1. The number of carbonyl (C=O) groups is 1. The summed E-state index contributed by atoms with van der Waals surface area (Å²) in [6.45, 7) is 3.87. The van der Waals surface area contributed by atoms with E-state index in [1.807, 2.05) is 68.4 Å². The highest BCUT2D eigenvalue weighted by Gasteiger charge is 2.25. The minimum Gasteiger partial charge on any atom is -0.511 e. The Bertz CT molecular complexity index is 1840. The Hall–Kier alpha value is -3.34. The van der Waals surface area contributed by atoms with Crippen molar-refractivity contribution in [1.29, 1.82) is 0 Å². The van der Waals surface area contributed by atoms with Gasteiger partial charge in [-0.3, -0.25) is 9.36 Å². The van der Waals surface area contributed by atoms with Gasteiger partial charge in [0.15, 0.2) is 0 Å². The number of carbonyl (C=O) groups excluding carboxylic acids is 1. The van der Waals surface area contributed by atoms with E-state index in [1.165, 1.54) is 11.3 Å². The second kappa shape index (κ2) is 15.1. The number of Topliss-reactive ketones (excluding diaryl/α,β-unsaturated/α-hetero) is 1. The molecule has 44 heavy (non-hydrogen) atoms. The molecule has 0 aliphatic heterocycles. The molecule has 0 bridgehead atoms. The Morgan fingerprint density at radius 2 is 1.68 bits per heavy atom. The van der Waals surface area contributed by atoms with Gasteiger partial charge in [0.05, 0.1) is 21.1 Å². The third-order valence-corrected chi connectivity index (χ3v) is 9.33. The maximum atomic E-state index is 13.5. The van der Waals surface area contributed by atoms with Crippen LogP contribution < -0.4 is 15.0 Å². The summed E-state index contributed by atoms with van der Waals surface area (Å²) in [5.41, 5.74) is 2.41. The lowest BCUT2D eigenvalue weighted by molar-refractivity contribution is -0.119. The summed E-state index contributed by atoms with van der Waals surface area (Å²) in [6, 6.07) is 17.0. The van der Waals surface area contributed by atoms with Crippen molar-refractivity contribution in [3.8, 4) is 17.2 Å². The number of ether oxygens (including phenoxy) is 1. The fourth-order valence-electron chi connectivity index (χ4n) is 6.00. The highest BCUT2D eigenvalue weighted by atomic mass is 32.1. The summed E-state index contributed by atoms with van der Waals surface area (Å²) in [4.78, 5) is 35.2. The van der Waals surface area contributed by atoms with E-state index in [2.05, 4.69) is 9.97 Å². The van der Waals surface area contributed by atoms with E-state index in [1.54, 1.807) is 10.8 Å². The molecule has 0 unspecified atom stereocenters.